The Bertz CT molecular complexity index is 1500. The van der Waals surface area contributed by atoms with Crippen LogP contribution < -0.4 is 14.5 Å². The molecule has 2 aliphatic rings. The summed E-state index contributed by atoms with van der Waals surface area (Å²) >= 11 is 0. The second-order valence-corrected chi connectivity index (χ2v) is 8.65. The van der Waals surface area contributed by atoms with Crippen molar-refractivity contribution >= 4 is 40.8 Å². The molecule has 11 heteroatoms. The number of nitrogens with zero attached hydrogens (tertiary/aromatic N) is 3. The molecule has 2 heterocycles. The molecule has 10 nitrogen and oxygen atoms in total. The van der Waals surface area contributed by atoms with Gasteiger partial charge in [0.15, 0.2) is 0 Å². The number of carbonyl (C=O) groups excluding carboxylic acids is 4. The van der Waals surface area contributed by atoms with Gasteiger partial charge in [-0.3, -0.25) is 29.3 Å². The van der Waals surface area contributed by atoms with Crippen molar-refractivity contribution in [3.8, 4) is 5.75 Å². The van der Waals surface area contributed by atoms with Gasteiger partial charge in [0.2, 0.25) is 5.91 Å². The van der Waals surface area contributed by atoms with E-state index in [1.807, 2.05) is 0 Å². The Hall–Kier alpha value is -4.93. The van der Waals surface area contributed by atoms with E-state index in [0.29, 0.717) is 11.3 Å². The number of nitro benzene ring substituents is 1. The molecule has 1 fully saturated rings. The summed E-state index contributed by atoms with van der Waals surface area (Å²) in [7, 11) is 0. The van der Waals surface area contributed by atoms with E-state index in [9.17, 15) is 33.7 Å². The molecule has 5 rings (SSSR count). The third-order valence-electron chi connectivity index (χ3n) is 6.31. The van der Waals surface area contributed by atoms with Gasteiger partial charge in [0, 0.05) is 24.7 Å². The van der Waals surface area contributed by atoms with Crippen LogP contribution in [0, 0.1) is 28.8 Å². The number of halogens is 1. The Kier molecular flexibility index (Phi) is 5.75. The topological polar surface area (TPSA) is 127 Å². The molecule has 0 aliphatic carbocycles. The van der Waals surface area contributed by atoms with Crippen molar-refractivity contribution in [2.45, 2.75) is 13.3 Å². The fourth-order valence-corrected chi connectivity index (χ4v) is 4.52. The molecule has 0 N–H and O–H groups in total. The zero-order valence-electron chi connectivity index (χ0n) is 19.3. The monoisotopic (exact) mass is 503 g/mol. The lowest BCUT2D eigenvalue weighted by molar-refractivity contribution is -0.385. The van der Waals surface area contributed by atoms with Gasteiger partial charge in [0.25, 0.3) is 17.5 Å². The number of imide groups is 1. The predicted octanol–water partition coefficient (Wildman–Crippen LogP) is 3.80. The van der Waals surface area contributed by atoms with E-state index in [4.69, 9.17) is 4.74 Å². The van der Waals surface area contributed by atoms with Gasteiger partial charge < -0.3 is 9.64 Å². The zero-order valence-corrected chi connectivity index (χ0v) is 19.3. The first-order valence-corrected chi connectivity index (χ1v) is 11.2. The van der Waals surface area contributed by atoms with Crippen LogP contribution in [0.25, 0.3) is 0 Å². The highest BCUT2D eigenvalue weighted by Crippen LogP contribution is 2.36. The lowest BCUT2D eigenvalue weighted by Crippen LogP contribution is -2.30. The molecule has 37 heavy (non-hydrogen) atoms. The quantitative estimate of drug-likeness (QED) is 0.170. The molecule has 0 saturated carbocycles. The number of nitro groups is 1. The number of ether oxygens (including phenoxy) is 1. The Balaban J connectivity index is 1.32. The standard InChI is InChI=1S/C26H18FN3O7/c1-14-11-18(37-26(34)15-12-22(31)28(13-15)17-7-5-16(27)6-8-17)9-10-20(14)29-24(32)19-3-2-4-21(30(35)36)23(19)25(29)33/h2-11,15H,12-13H2,1H3/t15-/m0/s1. The highest BCUT2D eigenvalue weighted by atomic mass is 19.1. The number of esters is 1. The molecule has 0 bridgehead atoms. The van der Waals surface area contributed by atoms with Crippen molar-refractivity contribution in [3.05, 3.63) is 93.3 Å². The average Bonchev–Trinajstić information content (AvgIpc) is 3.37. The molecule has 186 valence electrons. The van der Waals surface area contributed by atoms with Crippen LogP contribution in [0.15, 0.2) is 60.7 Å². The molecule has 3 aromatic carbocycles. The van der Waals surface area contributed by atoms with Crippen LogP contribution in [-0.4, -0.2) is 35.2 Å². The Morgan fingerprint density at radius 2 is 1.78 bits per heavy atom. The van der Waals surface area contributed by atoms with Crippen molar-refractivity contribution in [2.24, 2.45) is 5.92 Å². The van der Waals surface area contributed by atoms with Crippen molar-refractivity contribution in [3.63, 3.8) is 0 Å². The number of rotatable bonds is 5. The number of benzene rings is 3. The lowest BCUT2D eigenvalue weighted by atomic mass is 10.1. The van der Waals surface area contributed by atoms with Gasteiger partial charge in [0.05, 0.1) is 22.1 Å². The van der Waals surface area contributed by atoms with Gasteiger partial charge in [-0.05, 0) is 61.0 Å². The molecule has 0 spiro atoms. The third-order valence-corrected chi connectivity index (χ3v) is 6.31. The lowest BCUT2D eigenvalue weighted by Gasteiger charge is -2.18. The van der Waals surface area contributed by atoms with Gasteiger partial charge in [0.1, 0.15) is 17.1 Å². The first-order chi connectivity index (χ1) is 17.7. The third kappa shape index (κ3) is 4.10. The van der Waals surface area contributed by atoms with Crippen LogP contribution in [-0.2, 0) is 9.59 Å². The smallest absolute Gasteiger partial charge is 0.316 e. The van der Waals surface area contributed by atoms with E-state index in [1.165, 1.54) is 59.5 Å². The molecule has 3 aromatic rings. The highest BCUT2D eigenvalue weighted by molar-refractivity contribution is 6.35. The zero-order chi connectivity index (χ0) is 26.4. The molecular formula is C26H18FN3O7. The second kappa shape index (κ2) is 8.94. The molecule has 0 radical (unpaired) electrons. The van der Waals surface area contributed by atoms with Gasteiger partial charge in [-0.25, -0.2) is 9.29 Å². The number of aryl methyl sites for hydroxylation is 1. The molecule has 2 aliphatic heterocycles. The predicted molar refractivity (Wildman–Crippen MR) is 128 cm³/mol. The van der Waals surface area contributed by atoms with E-state index in [-0.39, 0.29) is 41.4 Å². The number of hydrogen-bond donors (Lipinski definition) is 0. The van der Waals surface area contributed by atoms with E-state index in [0.717, 1.165) is 11.0 Å². The van der Waals surface area contributed by atoms with Crippen LogP contribution in [0.3, 0.4) is 0 Å². The first kappa shape index (κ1) is 23.8. The number of amides is 3. The summed E-state index contributed by atoms with van der Waals surface area (Å²) in [5, 5.41) is 11.3. The molecule has 0 unspecified atom stereocenters. The summed E-state index contributed by atoms with van der Waals surface area (Å²) in [4.78, 5) is 63.9. The summed E-state index contributed by atoms with van der Waals surface area (Å²) in [6.07, 6.45) is -0.0684. The van der Waals surface area contributed by atoms with Crippen LogP contribution >= 0.6 is 0 Å². The van der Waals surface area contributed by atoms with Crippen LogP contribution in [0.2, 0.25) is 0 Å². The van der Waals surface area contributed by atoms with Gasteiger partial charge in [-0.2, -0.15) is 0 Å². The summed E-state index contributed by atoms with van der Waals surface area (Å²) in [5.41, 5.74) is 0.289. The Morgan fingerprint density at radius 3 is 2.46 bits per heavy atom. The summed E-state index contributed by atoms with van der Waals surface area (Å²) < 4.78 is 18.7. The van der Waals surface area contributed by atoms with Crippen LogP contribution in [0.1, 0.15) is 32.7 Å². The Morgan fingerprint density at radius 1 is 1.05 bits per heavy atom. The summed E-state index contributed by atoms with van der Waals surface area (Å²) in [6, 6.07) is 13.5. The maximum absolute atomic E-state index is 13.2. The van der Waals surface area contributed by atoms with Gasteiger partial charge >= 0.3 is 5.97 Å². The number of carbonyl (C=O) groups is 4. The second-order valence-electron chi connectivity index (χ2n) is 8.65. The average molecular weight is 503 g/mol. The van der Waals surface area contributed by atoms with E-state index in [1.54, 1.807) is 6.92 Å². The molecular weight excluding hydrogens is 485 g/mol. The maximum Gasteiger partial charge on any atom is 0.316 e. The van der Waals surface area contributed by atoms with Crippen LogP contribution in [0.4, 0.5) is 21.5 Å². The fourth-order valence-electron chi connectivity index (χ4n) is 4.52. The molecule has 3 amide bonds. The molecule has 0 aromatic heterocycles. The minimum atomic E-state index is -0.814. The first-order valence-electron chi connectivity index (χ1n) is 11.2. The van der Waals surface area contributed by atoms with Crippen molar-refractivity contribution < 1.29 is 33.2 Å². The van der Waals surface area contributed by atoms with E-state index < -0.39 is 40.1 Å². The molecule has 1 saturated heterocycles. The van der Waals surface area contributed by atoms with Crippen molar-refractivity contribution in [1.29, 1.82) is 0 Å². The largest absolute Gasteiger partial charge is 0.426 e. The summed E-state index contributed by atoms with van der Waals surface area (Å²) in [6.45, 7) is 1.67. The van der Waals surface area contributed by atoms with Crippen molar-refractivity contribution in [2.75, 3.05) is 16.3 Å². The normalized spacial score (nSPS) is 16.8. The fraction of sp³-hybridized carbons (Fsp3) is 0.154. The van der Waals surface area contributed by atoms with Crippen LogP contribution in [0.5, 0.6) is 5.75 Å². The Labute approximate surface area is 209 Å². The molecule has 1 atom stereocenters. The van der Waals surface area contributed by atoms with Gasteiger partial charge in [-0.15, -0.1) is 0 Å². The van der Waals surface area contributed by atoms with Crippen molar-refractivity contribution in [1.82, 2.24) is 0 Å². The minimum Gasteiger partial charge on any atom is -0.426 e. The summed E-state index contributed by atoms with van der Waals surface area (Å²) in [5.74, 6) is -3.48. The van der Waals surface area contributed by atoms with Gasteiger partial charge in [-0.1, -0.05) is 6.07 Å². The van der Waals surface area contributed by atoms with E-state index in [2.05, 4.69) is 0 Å². The SMILES string of the molecule is Cc1cc(OC(=O)[C@H]2CC(=O)N(c3ccc(F)cc3)C2)ccc1N1C(=O)c2cccc([N+](=O)[O-])c2C1=O. The highest BCUT2D eigenvalue weighted by Gasteiger charge is 2.42. The number of anilines is 2. The maximum atomic E-state index is 13.2. The van der Waals surface area contributed by atoms with E-state index >= 15 is 0 Å². The minimum absolute atomic E-state index is 0.0642. The number of hydrogen-bond acceptors (Lipinski definition) is 7. The number of fused-ring (bicyclic) bond motifs is 1.